The molecular formula is C18H18F3NO2S2. The van der Waals surface area contributed by atoms with Crippen molar-refractivity contribution in [2.24, 2.45) is 0 Å². The first-order valence-corrected chi connectivity index (χ1v) is 10.1. The van der Waals surface area contributed by atoms with Gasteiger partial charge in [0.15, 0.2) is 6.61 Å². The van der Waals surface area contributed by atoms with Crippen molar-refractivity contribution in [2.75, 3.05) is 25.4 Å². The number of carbonyl (C=O) groups excluding carboxylic acids is 1. The lowest BCUT2D eigenvalue weighted by molar-refractivity contribution is -0.137. The molecule has 1 unspecified atom stereocenters. The molecule has 0 bridgehead atoms. The molecule has 1 atom stereocenters. The highest BCUT2D eigenvalue weighted by Crippen LogP contribution is 2.36. The lowest BCUT2D eigenvalue weighted by atomic mass is 10.2. The molecule has 2 aromatic rings. The van der Waals surface area contributed by atoms with E-state index in [9.17, 15) is 18.0 Å². The van der Waals surface area contributed by atoms with Crippen molar-refractivity contribution in [1.29, 1.82) is 0 Å². The summed E-state index contributed by atoms with van der Waals surface area (Å²) in [5.41, 5.74) is -0.785. The van der Waals surface area contributed by atoms with Gasteiger partial charge in [-0.2, -0.15) is 24.9 Å². The number of carbonyl (C=O) groups is 1. The molecule has 1 aromatic heterocycles. The Bertz CT molecular complexity index is 734. The van der Waals surface area contributed by atoms with Crippen LogP contribution in [0, 0.1) is 0 Å². The topological polar surface area (TPSA) is 29.5 Å². The molecule has 3 rings (SSSR count). The molecule has 0 aliphatic carbocycles. The van der Waals surface area contributed by atoms with E-state index in [1.165, 1.54) is 17.0 Å². The van der Waals surface area contributed by atoms with E-state index < -0.39 is 11.7 Å². The van der Waals surface area contributed by atoms with Crippen LogP contribution in [0.5, 0.6) is 5.75 Å². The molecular weight excluding hydrogens is 383 g/mol. The highest BCUT2D eigenvalue weighted by molar-refractivity contribution is 7.99. The van der Waals surface area contributed by atoms with E-state index >= 15 is 0 Å². The summed E-state index contributed by atoms with van der Waals surface area (Å²) in [7, 11) is 0. The van der Waals surface area contributed by atoms with E-state index in [2.05, 4.69) is 6.07 Å². The van der Waals surface area contributed by atoms with E-state index in [1.54, 1.807) is 16.2 Å². The average molecular weight is 401 g/mol. The maximum atomic E-state index is 12.7. The summed E-state index contributed by atoms with van der Waals surface area (Å²) in [4.78, 5) is 15.4. The van der Waals surface area contributed by atoms with Crippen molar-refractivity contribution in [3.63, 3.8) is 0 Å². The van der Waals surface area contributed by atoms with Crippen molar-refractivity contribution >= 4 is 29.0 Å². The number of rotatable bonds is 4. The molecule has 8 heteroatoms. The minimum Gasteiger partial charge on any atom is -0.484 e. The van der Waals surface area contributed by atoms with Crippen molar-refractivity contribution < 1.29 is 22.7 Å². The Morgan fingerprint density at radius 3 is 2.81 bits per heavy atom. The number of nitrogens with zero attached hydrogens (tertiary/aromatic N) is 1. The number of amides is 1. The molecule has 26 heavy (non-hydrogen) atoms. The quantitative estimate of drug-likeness (QED) is 0.733. The zero-order chi connectivity index (χ0) is 18.6. The van der Waals surface area contributed by atoms with Gasteiger partial charge in [-0.05, 0) is 36.1 Å². The maximum absolute atomic E-state index is 12.7. The number of hydrogen-bond acceptors (Lipinski definition) is 4. The Balaban J connectivity index is 1.54. The smallest absolute Gasteiger partial charge is 0.416 e. The first kappa shape index (κ1) is 19.1. The summed E-state index contributed by atoms with van der Waals surface area (Å²) in [6, 6.07) is 8.72. The van der Waals surface area contributed by atoms with E-state index in [0.717, 1.165) is 24.3 Å². The average Bonchev–Trinajstić information content (AvgIpc) is 3.04. The van der Waals surface area contributed by atoms with Crippen LogP contribution >= 0.6 is 23.1 Å². The van der Waals surface area contributed by atoms with Crippen molar-refractivity contribution in [3.05, 3.63) is 52.2 Å². The van der Waals surface area contributed by atoms with Gasteiger partial charge < -0.3 is 9.64 Å². The molecule has 0 spiro atoms. The summed E-state index contributed by atoms with van der Waals surface area (Å²) in [5.74, 6) is 0.682. The zero-order valence-corrected chi connectivity index (χ0v) is 15.5. The molecule has 1 fully saturated rings. The number of halogens is 3. The Morgan fingerprint density at radius 1 is 1.23 bits per heavy atom. The molecule has 1 amide bonds. The van der Waals surface area contributed by atoms with Crippen LogP contribution in [-0.2, 0) is 11.0 Å². The molecule has 3 nitrogen and oxygen atoms in total. The Labute approximate surface area is 158 Å². The third kappa shape index (κ3) is 4.94. The first-order chi connectivity index (χ1) is 12.4. The van der Waals surface area contributed by atoms with Crippen LogP contribution in [0.1, 0.15) is 22.1 Å². The monoisotopic (exact) mass is 401 g/mol. The second-order valence-electron chi connectivity index (χ2n) is 5.86. The van der Waals surface area contributed by atoms with Crippen LogP contribution in [0.15, 0.2) is 41.8 Å². The number of benzene rings is 1. The fourth-order valence-corrected chi connectivity index (χ4v) is 4.96. The van der Waals surface area contributed by atoms with Crippen molar-refractivity contribution in [3.8, 4) is 5.75 Å². The standard InChI is InChI=1S/C18H18F3NO2S2/c19-18(20,21)13-3-1-4-14(11-13)24-12-17(23)22-7-6-16(26-10-8-22)15-5-2-9-25-15/h1-5,9,11,16H,6-8,10,12H2. The van der Waals surface area contributed by atoms with E-state index in [1.807, 2.05) is 23.2 Å². The molecule has 1 aliphatic rings. The van der Waals surface area contributed by atoms with Crippen molar-refractivity contribution in [1.82, 2.24) is 4.90 Å². The van der Waals surface area contributed by atoms with Crippen LogP contribution in [-0.4, -0.2) is 36.3 Å². The minimum absolute atomic E-state index is 0.0498. The molecule has 140 valence electrons. The summed E-state index contributed by atoms with van der Waals surface area (Å²) >= 11 is 3.55. The van der Waals surface area contributed by atoms with Gasteiger partial charge in [-0.1, -0.05) is 12.1 Å². The summed E-state index contributed by atoms with van der Waals surface area (Å²) < 4.78 is 43.5. The SMILES string of the molecule is O=C(COc1cccc(C(F)(F)F)c1)N1CCSC(c2cccs2)CC1. The van der Waals surface area contributed by atoms with Gasteiger partial charge in [-0.25, -0.2) is 0 Å². The van der Waals surface area contributed by atoms with Gasteiger partial charge in [0, 0.05) is 29.0 Å². The van der Waals surface area contributed by atoms with Gasteiger partial charge in [-0.3, -0.25) is 4.79 Å². The van der Waals surface area contributed by atoms with Crippen molar-refractivity contribution in [2.45, 2.75) is 17.8 Å². The predicted octanol–water partition coefficient (Wildman–Crippen LogP) is 4.85. The Morgan fingerprint density at radius 2 is 2.08 bits per heavy atom. The van der Waals surface area contributed by atoms with Crippen LogP contribution in [0.2, 0.25) is 0 Å². The minimum atomic E-state index is -4.43. The number of alkyl halides is 3. The molecule has 0 radical (unpaired) electrons. The van der Waals surface area contributed by atoms with E-state index in [0.29, 0.717) is 18.3 Å². The fraction of sp³-hybridized carbons (Fsp3) is 0.389. The highest BCUT2D eigenvalue weighted by Gasteiger charge is 2.30. The van der Waals surface area contributed by atoms with E-state index in [4.69, 9.17) is 4.74 Å². The molecule has 2 heterocycles. The number of hydrogen-bond donors (Lipinski definition) is 0. The molecule has 0 saturated carbocycles. The predicted molar refractivity (Wildman–Crippen MR) is 97.7 cm³/mol. The summed E-state index contributed by atoms with van der Waals surface area (Å²) in [5, 5.41) is 2.43. The third-order valence-electron chi connectivity index (χ3n) is 4.08. The summed E-state index contributed by atoms with van der Waals surface area (Å²) in [6.07, 6.45) is -3.57. The number of thioether (sulfide) groups is 1. The van der Waals surface area contributed by atoms with Gasteiger partial charge in [0.1, 0.15) is 5.75 Å². The van der Waals surface area contributed by atoms with Gasteiger partial charge in [0.05, 0.1) is 5.56 Å². The third-order valence-corrected chi connectivity index (χ3v) is 6.52. The number of thiophene rings is 1. The second-order valence-corrected chi connectivity index (χ2v) is 8.15. The normalized spacial score (nSPS) is 18.4. The highest BCUT2D eigenvalue weighted by atomic mass is 32.2. The van der Waals surface area contributed by atoms with Crippen LogP contribution in [0.3, 0.4) is 0 Å². The Kier molecular flexibility index (Phi) is 6.13. The maximum Gasteiger partial charge on any atom is 0.416 e. The van der Waals surface area contributed by atoms with Gasteiger partial charge >= 0.3 is 6.18 Å². The van der Waals surface area contributed by atoms with Crippen LogP contribution in [0.25, 0.3) is 0 Å². The fourth-order valence-electron chi connectivity index (χ4n) is 2.72. The molecule has 1 saturated heterocycles. The number of ether oxygens (including phenoxy) is 1. The van der Waals surface area contributed by atoms with Crippen LogP contribution < -0.4 is 4.74 Å². The van der Waals surface area contributed by atoms with E-state index in [-0.39, 0.29) is 18.3 Å². The largest absolute Gasteiger partial charge is 0.484 e. The molecule has 1 aromatic carbocycles. The molecule has 0 N–H and O–H groups in total. The summed E-state index contributed by atoms with van der Waals surface area (Å²) in [6.45, 7) is 0.993. The van der Waals surface area contributed by atoms with Gasteiger partial charge in [0.2, 0.25) is 0 Å². The van der Waals surface area contributed by atoms with Gasteiger partial charge in [0.25, 0.3) is 5.91 Å². The first-order valence-electron chi connectivity index (χ1n) is 8.16. The Hall–Kier alpha value is -1.67. The van der Waals surface area contributed by atoms with Crippen LogP contribution in [0.4, 0.5) is 13.2 Å². The zero-order valence-electron chi connectivity index (χ0n) is 13.9. The van der Waals surface area contributed by atoms with Gasteiger partial charge in [-0.15, -0.1) is 11.3 Å². The second kappa shape index (κ2) is 8.35. The lowest BCUT2D eigenvalue weighted by Gasteiger charge is -2.20. The lowest BCUT2D eigenvalue weighted by Crippen LogP contribution is -2.36. The molecule has 1 aliphatic heterocycles.